The number of nitro benzene ring substituents is 1. The molecule has 27 heavy (non-hydrogen) atoms. The van der Waals surface area contributed by atoms with Crippen LogP contribution in [0.15, 0.2) is 42.5 Å². The highest BCUT2D eigenvalue weighted by atomic mass is 16.6. The lowest BCUT2D eigenvalue weighted by Gasteiger charge is -2.17. The summed E-state index contributed by atoms with van der Waals surface area (Å²) in [5.74, 6) is -0.207. The van der Waals surface area contributed by atoms with Crippen LogP contribution in [0.3, 0.4) is 0 Å². The van der Waals surface area contributed by atoms with E-state index in [0.29, 0.717) is 16.9 Å². The Kier molecular flexibility index (Phi) is 5.07. The molecular formula is C19H18N2O6. The first-order chi connectivity index (χ1) is 12.9. The first-order valence-electron chi connectivity index (χ1n) is 8.41. The zero-order valence-corrected chi connectivity index (χ0v) is 14.9. The van der Waals surface area contributed by atoms with Crippen molar-refractivity contribution in [2.45, 2.75) is 20.0 Å². The number of carbonyl (C=O) groups is 2. The van der Waals surface area contributed by atoms with Crippen molar-refractivity contribution in [1.29, 1.82) is 0 Å². The molecule has 0 saturated heterocycles. The molecule has 1 aliphatic heterocycles. The van der Waals surface area contributed by atoms with Crippen LogP contribution in [0.4, 0.5) is 5.69 Å². The Morgan fingerprint density at radius 1 is 1.04 bits per heavy atom. The van der Waals surface area contributed by atoms with E-state index in [-0.39, 0.29) is 42.5 Å². The van der Waals surface area contributed by atoms with Gasteiger partial charge >= 0.3 is 0 Å². The Bertz CT molecular complexity index is 874. The Morgan fingerprint density at radius 3 is 2.22 bits per heavy atom. The van der Waals surface area contributed by atoms with Crippen molar-refractivity contribution in [3.63, 3.8) is 0 Å². The standard InChI is InChI=1S/C19H18N2O6/c1-12(2)27-16-8-7-13(21(24)25)11-17(16)26-10-9-20-18(22)14-5-3-4-6-15(14)19(20)23/h3-8,11-12H,9-10H2,1-2H3. The number of hydrogen-bond donors (Lipinski definition) is 0. The van der Waals surface area contributed by atoms with Crippen molar-refractivity contribution in [1.82, 2.24) is 4.90 Å². The second kappa shape index (κ2) is 7.45. The minimum atomic E-state index is -0.532. The van der Waals surface area contributed by atoms with Crippen LogP contribution in [0.1, 0.15) is 34.6 Å². The van der Waals surface area contributed by atoms with Crippen LogP contribution in [0.5, 0.6) is 11.5 Å². The third kappa shape index (κ3) is 3.74. The predicted octanol–water partition coefficient (Wildman–Crippen LogP) is 3.06. The maximum Gasteiger partial charge on any atom is 0.273 e. The van der Waals surface area contributed by atoms with Gasteiger partial charge in [-0.15, -0.1) is 0 Å². The fourth-order valence-corrected chi connectivity index (χ4v) is 2.76. The van der Waals surface area contributed by atoms with E-state index >= 15 is 0 Å². The van der Waals surface area contributed by atoms with E-state index in [4.69, 9.17) is 9.47 Å². The van der Waals surface area contributed by atoms with Gasteiger partial charge in [-0.05, 0) is 32.0 Å². The normalized spacial score (nSPS) is 13.1. The minimum absolute atomic E-state index is 0.0128. The van der Waals surface area contributed by atoms with Crippen molar-refractivity contribution >= 4 is 17.5 Å². The van der Waals surface area contributed by atoms with E-state index in [1.165, 1.54) is 18.2 Å². The first kappa shape index (κ1) is 18.4. The van der Waals surface area contributed by atoms with E-state index < -0.39 is 4.92 Å². The number of rotatable bonds is 7. The van der Waals surface area contributed by atoms with Gasteiger partial charge in [0, 0.05) is 6.07 Å². The largest absolute Gasteiger partial charge is 0.488 e. The molecule has 0 spiro atoms. The lowest BCUT2D eigenvalue weighted by atomic mass is 10.1. The summed E-state index contributed by atoms with van der Waals surface area (Å²) >= 11 is 0. The molecule has 0 aromatic heterocycles. The number of amides is 2. The molecule has 8 heteroatoms. The molecule has 2 aromatic carbocycles. The zero-order chi connectivity index (χ0) is 19.6. The lowest BCUT2D eigenvalue weighted by Crippen LogP contribution is -2.33. The van der Waals surface area contributed by atoms with Crippen LogP contribution in [0, 0.1) is 10.1 Å². The predicted molar refractivity (Wildman–Crippen MR) is 96.2 cm³/mol. The summed E-state index contributed by atoms with van der Waals surface area (Å²) in [6, 6.07) is 10.7. The van der Waals surface area contributed by atoms with Crippen molar-refractivity contribution in [2.24, 2.45) is 0 Å². The number of hydrogen-bond acceptors (Lipinski definition) is 6. The van der Waals surface area contributed by atoms with Gasteiger partial charge in [0.2, 0.25) is 0 Å². The van der Waals surface area contributed by atoms with Gasteiger partial charge in [0.05, 0.1) is 34.8 Å². The van der Waals surface area contributed by atoms with Gasteiger partial charge in [0.15, 0.2) is 11.5 Å². The molecule has 0 fully saturated rings. The lowest BCUT2D eigenvalue weighted by molar-refractivity contribution is -0.385. The smallest absolute Gasteiger partial charge is 0.273 e. The molecule has 0 atom stereocenters. The number of nitrogens with zero attached hydrogens (tertiary/aromatic N) is 2. The Labute approximate surface area is 155 Å². The Morgan fingerprint density at radius 2 is 1.67 bits per heavy atom. The van der Waals surface area contributed by atoms with Crippen LogP contribution >= 0.6 is 0 Å². The number of imide groups is 1. The highest BCUT2D eigenvalue weighted by molar-refractivity contribution is 6.21. The summed E-state index contributed by atoms with van der Waals surface area (Å²) in [6.07, 6.45) is -0.148. The number of carbonyl (C=O) groups excluding carboxylic acids is 2. The SMILES string of the molecule is CC(C)Oc1ccc([N+](=O)[O-])cc1OCCN1C(=O)c2ccccc2C1=O. The van der Waals surface area contributed by atoms with Crippen LogP contribution in [0.2, 0.25) is 0 Å². The zero-order valence-electron chi connectivity index (χ0n) is 14.9. The van der Waals surface area contributed by atoms with Gasteiger partial charge in [-0.2, -0.15) is 0 Å². The molecular weight excluding hydrogens is 352 g/mol. The molecule has 1 aliphatic rings. The summed E-state index contributed by atoms with van der Waals surface area (Å²) in [5.41, 5.74) is 0.588. The summed E-state index contributed by atoms with van der Waals surface area (Å²) in [4.78, 5) is 36.2. The summed E-state index contributed by atoms with van der Waals surface area (Å²) in [5, 5.41) is 11.0. The topological polar surface area (TPSA) is 99.0 Å². The van der Waals surface area contributed by atoms with Gasteiger partial charge in [-0.1, -0.05) is 12.1 Å². The molecule has 140 valence electrons. The van der Waals surface area contributed by atoms with Crippen LogP contribution < -0.4 is 9.47 Å². The van der Waals surface area contributed by atoms with Crippen molar-refractivity contribution in [3.8, 4) is 11.5 Å². The molecule has 0 N–H and O–H groups in total. The van der Waals surface area contributed by atoms with E-state index in [1.807, 2.05) is 13.8 Å². The fourth-order valence-electron chi connectivity index (χ4n) is 2.76. The molecule has 2 amide bonds. The molecule has 1 heterocycles. The minimum Gasteiger partial charge on any atom is -0.488 e. The van der Waals surface area contributed by atoms with Gasteiger partial charge in [0.1, 0.15) is 6.61 Å². The van der Waals surface area contributed by atoms with E-state index in [9.17, 15) is 19.7 Å². The second-order valence-corrected chi connectivity index (χ2v) is 6.21. The third-order valence-electron chi connectivity index (χ3n) is 3.95. The van der Waals surface area contributed by atoms with E-state index in [1.54, 1.807) is 24.3 Å². The molecule has 0 aliphatic carbocycles. The van der Waals surface area contributed by atoms with Crippen molar-refractivity contribution < 1.29 is 24.0 Å². The second-order valence-electron chi connectivity index (χ2n) is 6.21. The average molecular weight is 370 g/mol. The Hall–Kier alpha value is -3.42. The van der Waals surface area contributed by atoms with Gasteiger partial charge in [-0.3, -0.25) is 24.6 Å². The monoisotopic (exact) mass is 370 g/mol. The number of non-ortho nitro benzene ring substituents is 1. The maximum atomic E-state index is 12.3. The number of benzene rings is 2. The molecule has 0 radical (unpaired) electrons. The van der Waals surface area contributed by atoms with Gasteiger partial charge in [0.25, 0.3) is 17.5 Å². The van der Waals surface area contributed by atoms with Crippen LogP contribution in [-0.4, -0.2) is 40.9 Å². The van der Waals surface area contributed by atoms with Crippen molar-refractivity contribution in [2.75, 3.05) is 13.2 Å². The van der Waals surface area contributed by atoms with Crippen molar-refractivity contribution in [3.05, 3.63) is 63.7 Å². The number of nitro groups is 1. The number of fused-ring (bicyclic) bond motifs is 1. The third-order valence-corrected chi connectivity index (χ3v) is 3.95. The molecule has 2 aromatic rings. The quantitative estimate of drug-likeness (QED) is 0.422. The molecule has 0 unspecified atom stereocenters. The summed E-state index contributed by atoms with van der Waals surface area (Å²) in [6.45, 7) is 3.66. The van der Waals surface area contributed by atoms with Gasteiger partial charge in [-0.25, -0.2) is 0 Å². The molecule has 3 rings (SSSR count). The summed E-state index contributed by atoms with van der Waals surface area (Å²) in [7, 11) is 0. The molecule has 0 bridgehead atoms. The number of ether oxygens (including phenoxy) is 2. The van der Waals surface area contributed by atoms with E-state index in [2.05, 4.69) is 0 Å². The molecule has 0 saturated carbocycles. The average Bonchev–Trinajstić information content (AvgIpc) is 2.87. The fraction of sp³-hybridized carbons (Fsp3) is 0.263. The van der Waals surface area contributed by atoms with E-state index in [0.717, 1.165) is 4.90 Å². The Balaban J connectivity index is 1.72. The van der Waals surface area contributed by atoms with Crippen LogP contribution in [-0.2, 0) is 0 Å². The van der Waals surface area contributed by atoms with Crippen LogP contribution in [0.25, 0.3) is 0 Å². The highest BCUT2D eigenvalue weighted by Crippen LogP contribution is 2.32. The maximum absolute atomic E-state index is 12.3. The highest BCUT2D eigenvalue weighted by Gasteiger charge is 2.34. The summed E-state index contributed by atoms with van der Waals surface area (Å²) < 4.78 is 11.2. The first-order valence-corrected chi connectivity index (χ1v) is 8.41. The van der Waals surface area contributed by atoms with Gasteiger partial charge < -0.3 is 9.47 Å². The molecule has 8 nitrogen and oxygen atoms in total.